The molecule has 1 aromatic heterocycles. The number of halogens is 2. The monoisotopic (exact) mass is 465 g/mol. The van der Waals surface area contributed by atoms with Gasteiger partial charge in [0.15, 0.2) is 0 Å². The lowest BCUT2D eigenvalue weighted by Crippen LogP contribution is -2.51. The summed E-state index contributed by atoms with van der Waals surface area (Å²) in [5.41, 5.74) is 1.38. The number of hydrogen-bond acceptors (Lipinski definition) is 4. The average molecular weight is 465 g/mol. The standard InChI is InChI=1S/C24H21F2N5O3/c25-18-4-1-3-16(13-18)23(33)30-9-11-31(12-10-30)24(34)29-20-6-2-5-19(14-20)28-22(32)17-7-8-21(26)27-15-17/h1-8,13-15H,9-12H2,(H,28,32)(H,29,34). The summed E-state index contributed by atoms with van der Waals surface area (Å²) in [6.07, 6.45) is 1.13. The lowest BCUT2D eigenvalue weighted by Gasteiger charge is -2.34. The molecule has 0 radical (unpaired) electrons. The Hall–Kier alpha value is -4.34. The van der Waals surface area contributed by atoms with Gasteiger partial charge in [0.1, 0.15) is 5.82 Å². The molecule has 2 aromatic carbocycles. The minimum Gasteiger partial charge on any atom is -0.335 e. The SMILES string of the molecule is O=C(Nc1cccc(NC(=O)N2CCN(C(=O)c3cccc(F)c3)CC2)c1)c1ccc(F)nc1. The molecule has 8 nitrogen and oxygen atoms in total. The van der Waals surface area contributed by atoms with Crippen LogP contribution in [0.1, 0.15) is 20.7 Å². The van der Waals surface area contributed by atoms with Crippen molar-refractivity contribution in [3.05, 3.63) is 89.8 Å². The Kier molecular flexibility index (Phi) is 6.77. The number of anilines is 2. The lowest BCUT2D eigenvalue weighted by atomic mass is 10.2. The van der Waals surface area contributed by atoms with Gasteiger partial charge >= 0.3 is 6.03 Å². The number of rotatable bonds is 4. The Morgan fingerprint density at radius 1 is 0.765 bits per heavy atom. The van der Waals surface area contributed by atoms with Crippen molar-refractivity contribution in [2.24, 2.45) is 0 Å². The molecule has 2 N–H and O–H groups in total. The molecule has 1 saturated heterocycles. The van der Waals surface area contributed by atoms with Gasteiger partial charge in [-0.25, -0.2) is 14.2 Å². The number of nitrogens with one attached hydrogen (secondary N) is 2. The maximum Gasteiger partial charge on any atom is 0.321 e. The molecule has 0 unspecified atom stereocenters. The van der Waals surface area contributed by atoms with Crippen LogP contribution in [0.3, 0.4) is 0 Å². The highest BCUT2D eigenvalue weighted by Crippen LogP contribution is 2.18. The number of carbonyl (C=O) groups excluding carboxylic acids is 3. The Balaban J connectivity index is 1.31. The van der Waals surface area contributed by atoms with Gasteiger partial charge in [0.05, 0.1) is 5.56 Å². The second-order valence-corrected chi connectivity index (χ2v) is 7.62. The third-order valence-electron chi connectivity index (χ3n) is 5.29. The number of carbonyl (C=O) groups is 3. The van der Waals surface area contributed by atoms with E-state index >= 15 is 0 Å². The number of piperazine rings is 1. The van der Waals surface area contributed by atoms with Gasteiger partial charge in [-0.15, -0.1) is 0 Å². The molecule has 0 aliphatic carbocycles. The van der Waals surface area contributed by atoms with Crippen molar-refractivity contribution in [2.45, 2.75) is 0 Å². The number of benzene rings is 2. The van der Waals surface area contributed by atoms with Crippen LogP contribution in [0.25, 0.3) is 0 Å². The second-order valence-electron chi connectivity index (χ2n) is 7.62. The highest BCUT2D eigenvalue weighted by Gasteiger charge is 2.25. The summed E-state index contributed by atoms with van der Waals surface area (Å²) in [6.45, 7) is 1.29. The van der Waals surface area contributed by atoms with E-state index in [4.69, 9.17) is 0 Å². The van der Waals surface area contributed by atoms with Crippen LogP contribution in [0, 0.1) is 11.8 Å². The van der Waals surface area contributed by atoms with E-state index in [1.54, 1.807) is 40.1 Å². The first kappa shape index (κ1) is 22.8. The zero-order valence-electron chi connectivity index (χ0n) is 18.0. The van der Waals surface area contributed by atoms with Gasteiger partial charge in [-0.3, -0.25) is 9.59 Å². The molecule has 0 atom stereocenters. The van der Waals surface area contributed by atoms with E-state index < -0.39 is 17.7 Å². The van der Waals surface area contributed by atoms with Crippen molar-refractivity contribution in [1.82, 2.24) is 14.8 Å². The molecule has 3 aromatic rings. The minimum absolute atomic E-state index is 0.196. The smallest absolute Gasteiger partial charge is 0.321 e. The van der Waals surface area contributed by atoms with Crippen molar-refractivity contribution < 1.29 is 23.2 Å². The van der Waals surface area contributed by atoms with E-state index in [2.05, 4.69) is 15.6 Å². The summed E-state index contributed by atoms with van der Waals surface area (Å²) in [5.74, 6) is -1.90. The zero-order chi connectivity index (χ0) is 24.1. The number of amides is 4. The molecule has 1 aliphatic heterocycles. The van der Waals surface area contributed by atoms with Crippen LogP contribution in [0.4, 0.5) is 25.0 Å². The van der Waals surface area contributed by atoms with Crippen molar-refractivity contribution >= 4 is 29.2 Å². The number of aromatic nitrogens is 1. The first-order valence-electron chi connectivity index (χ1n) is 10.5. The van der Waals surface area contributed by atoms with E-state index in [1.807, 2.05) is 0 Å². The molecular weight excluding hydrogens is 444 g/mol. The largest absolute Gasteiger partial charge is 0.335 e. The van der Waals surface area contributed by atoms with Crippen LogP contribution in [0.15, 0.2) is 66.9 Å². The molecule has 34 heavy (non-hydrogen) atoms. The van der Waals surface area contributed by atoms with Crippen LogP contribution in [0.2, 0.25) is 0 Å². The van der Waals surface area contributed by atoms with Crippen LogP contribution in [0.5, 0.6) is 0 Å². The van der Waals surface area contributed by atoms with E-state index in [-0.39, 0.29) is 23.1 Å². The van der Waals surface area contributed by atoms with Gasteiger partial charge < -0.3 is 20.4 Å². The van der Waals surface area contributed by atoms with Crippen LogP contribution in [-0.2, 0) is 0 Å². The molecule has 10 heteroatoms. The lowest BCUT2D eigenvalue weighted by molar-refractivity contribution is 0.0671. The third-order valence-corrected chi connectivity index (χ3v) is 5.29. The van der Waals surface area contributed by atoms with Gasteiger partial charge in [-0.1, -0.05) is 12.1 Å². The maximum atomic E-state index is 13.4. The molecule has 2 heterocycles. The molecule has 174 valence electrons. The normalized spacial score (nSPS) is 13.4. The fourth-order valence-electron chi connectivity index (χ4n) is 3.51. The summed E-state index contributed by atoms with van der Waals surface area (Å²) >= 11 is 0. The van der Waals surface area contributed by atoms with Gasteiger partial charge in [-0.2, -0.15) is 4.39 Å². The summed E-state index contributed by atoms with van der Waals surface area (Å²) in [7, 11) is 0. The molecular formula is C24H21F2N5O3. The highest BCUT2D eigenvalue weighted by atomic mass is 19.1. The van der Waals surface area contributed by atoms with Gasteiger partial charge in [-0.05, 0) is 48.5 Å². The Morgan fingerprint density at radius 2 is 1.44 bits per heavy atom. The average Bonchev–Trinajstić information content (AvgIpc) is 2.84. The van der Waals surface area contributed by atoms with E-state index in [0.29, 0.717) is 37.6 Å². The number of hydrogen-bond donors (Lipinski definition) is 2. The second kappa shape index (κ2) is 10.1. The predicted molar refractivity (Wildman–Crippen MR) is 121 cm³/mol. The van der Waals surface area contributed by atoms with Crippen LogP contribution in [-0.4, -0.2) is 58.8 Å². The predicted octanol–water partition coefficient (Wildman–Crippen LogP) is 3.60. The summed E-state index contributed by atoms with van der Waals surface area (Å²) in [6, 6.07) is 14.2. The topological polar surface area (TPSA) is 94.6 Å². The molecule has 1 aliphatic rings. The highest BCUT2D eigenvalue weighted by molar-refractivity contribution is 6.04. The van der Waals surface area contributed by atoms with E-state index in [0.717, 1.165) is 12.3 Å². The Morgan fingerprint density at radius 3 is 2.12 bits per heavy atom. The first-order chi connectivity index (χ1) is 16.4. The minimum atomic E-state index is -0.680. The Bertz CT molecular complexity index is 1210. The van der Waals surface area contributed by atoms with Crippen molar-refractivity contribution in [3.8, 4) is 0 Å². The summed E-state index contributed by atoms with van der Waals surface area (Å²) in [4.78, 5) is 44.1. The molecule has 4 rings (SSSR count). The summed E-state index contributed by atoms with van der Waals surface area (Å²) in [5, 5.41) is 5.45. The molecule has 1 fully saturated rings. The maximum absolute atomic E-state index is 13.4. The molecule has 0 bridgehead atoms. The summed E-state index contributed by atoms with van der Waals surface area (Å²) < 4.78 is 26.3. The third kappa shape index (κ3) is 5.52. The quantitative estimate of drug-likeness (QED) is 0.576. The molecule has 4 amide bonds. The Labute approximate surface area is 194 Å². The van der Waals surface area contributed by atoms with Crippen molar-refractivity contribution in [3.63, 3.8) is 0 Å². The van der Waals surface area contributed by atoms with Crippen molar-refractivity contribution in [2.75, 3.05) is 36.8 Å². The zero-order valence-corrected chi connectivity index (χ0v) is 18.0. The van der Waals surface area contributed by atoms with Crippen LogP contribution < -0.4 is 10.6 Å². The van der Waals surface area contributed by atoms with Crippen molar-refractivity contribution in [1.29, 1.82) is 0 Å². The van der Waals surface area contributed by atoms with E-state index in [9.17, 15) is 23.2 Å². The van der Waals surface area contributed by atoms with Crippen LogP contribution >= 0.6 is 0 Å². The number of urea groups is 1. The fraction of sp³-hybridized carbons (Fsp3) is 0.167. The number of nitrogens with zero attached hydrogens (tertiary/aromatic N) is 3. The fourth-order valence-corrected chi connectivity index (χ4v) is 3.51. The molecule has 0 saturated carbocycles. The van der Waals surface area contributed by atoms with Gasteiger partial charge in [0.2, 0.25) is 5.95 Å². The first-order valence-corrected chi connectivity index (χ1v) is 10.5. The van der Waals surface area contributed by atoms with Gasteiger partial charge in [0, 0.05) is 49.3 Å². The van der Waals surface area contributed by atoms with E-state index in [1.165, 1.54) is 24.3 Å². The van der Waals surface area contributed by atoms with Gasteiger partial charge in [0.25, 0.3) is 11.8 Å². The molecule has 0 spiro atoms. The number of pyridine rings is 1.